The standard InChI is InChI=1S/C14H12N6OS/c1-9-12(13(21)19-7-11-17-3-2-4-18-11)22-14(20-9)10-5-15-8-16-6-10/h2-6,8H,7H2,1H3,(H,19,21). The summed E-state index contributed by atoms with van der Waals surface area (Å²) in [6, 6.07) is 1.73. The maximum absolute atomic E-state index is 12.3. The summed E-state index contributed by atoms with van der Waals surface area (Å²) >= 11 is 1.31. The Morgan fingerprint density at radius 1 is 1.23 bits per heavy atom. The molecule has 1 N–H and O–H groups in total. The molecule has 3 heterocycles. The smallest absolute Gasteiger partial charge is 0.263 e. The van der Waals surface area contributed by atoms with E-state index < -0.39 is 0 Å². The Bertz CT molecular complexity index is 775. The summed E-state index contributed by atoms with van der Waals surface area (Å²) in [7, 11) is 0. The van der Waals surface area contributed by atoms with E-state index in [1.165, 1.54) is 17.7 Å². The minimum Gasteiger partial charge on any atom is -0.344 e. The van der Waals surface area contributed by atoms with Crippen LogP contribution >= 0.6 is 11.3 Å². The predicted octanol–water partition coefficient (Wildman–Crippen LogP) is 1.63. The second-order valence-corrected chi connectivity index (χ2v) is 5.41. The third-order valence-electron chi connectivity index (χ3n) is 2.84. The van der Waals surface area contributed by atoms with Gasteiger partial charge < -0.3 is 5.32 Å². The molecule has 110 valence electrons. The topological polar surface area (TPSA) is 93.5 Å². The first-order valence-electron chi connectivity index (χ1n) is 6.51. The van der Waals surface area contributed by atoms with Gasteiger partial charge in [0.15, 0.2) is 0 Å². The van der Waals surface area contributed by atoms with Crippen molar-refractivity contribution in [2.24, 2.45) is 0 Å². The fraction of sp³-hybridized carbons (Fsp3) is 0.143. The lowest BCUT2D eigenvalue weighted by Crippen LogP contribution is -2.23. The molecular formula is C14H12N6OS. The van der Waals surface area contributed by atoms with Gasteiger partial charge in [-0.3, -0.25) is 4.79 Å². The molecule has 8 heteroatoms. The molecule has 3 rings (SSSR count). The van der Waals surface area contributed by atoms with Gasteiger partial charge in [0, 0.05) is 30.4 Å². The van der Waals surface area contributed by atoms with E-state index in [0.29, 0.717) is 16.4 Å². The minimum atomic E-state index is -0.189. The van der Waals surface area contributed by atoms with Crippen LogP contribution in [0.3, 0.4) is 0 Å². The number of carbonyl (C=O) groups is 1. The summed E-state index contributed by atoms with van der Waals surface area (Å²) in [6.07, 6.45) is 8.08. The van der Waals surface area contributed by atoms with Crippen molar-refractivity contribution in [3.05, 3.63) is 53.6 Å². The van der Waals surface area contributed by atoms with Gasteiger partial charge in [-0.1, -0.05) is 0 Å². The molecule has 0 unspecified atom stereocenters. The number of nitrogens with zero attached hydrogens (tertiary/aromatic N) is 5. The molecule has 0 saturated heterocycles. The average molecular weight is 312 g/mol. The summed E-state index contributed by atoms with van der Waals surface area (Å²) in [5.74, 6) is 0.375. The minimum absolute atomic E-state index is 0.189. The van der Waals surface area contributed by atoms with Crippen molar-refractivity contribution >= 4 is 17.2 Å². The highest BCUT2D eigenvalue weighted by Gasteiger charge is 2.16. The zero-order valence-electron chi connectivity index (χ0n) is 11.7. The normalized spacial score (nSPS) is 10.4. The van der Waals surface area contributed by atoms with E-state index in [4.69, 9.17) is 0 Å². The molecule has 0 aliphatic carbocycles. The van der Waals surface area contributed by atoms with Crippen molar-refractivity contribution in [2.75, 3.05) is 0 Å². The van der Waals surface area contributed by atoms with Gasteiger partial charge in [-0.15, -0.1) is 11.3 Å². The van der Waals surface area contributed by atoms with Crippen LogP contribution in [0.25, 0.3) is 10.6 Å². The van der Waals surface area contributed by atoms with E-state index >= 15 is 0 Å². The lowest BCUT2D eigenvalue weighted by Gasteiger charge is -2.02. The summed E-state index contributed by atoms with van der Waals surface area (Å²) in [5, 5.41) is 3.52. The van der Waals surface area contributed by atoms with E-state index in [2.05, 4.69) is 30.2 Å². The molecule has 0 bridgehead atoms. The van der Waals surface area contributed by atoms with Crippen LogP contribution in [0.1, 0.15) is 21.2 Å². The van der Waals surface area contributed by atoms with E-state index in [1.807, 2.05) is 0 Å². The SMILES string of the molecule is Cc1nc(-c2cncnc2)sc1C(=O)NCc1ncccn1. The predicted molar refractivity (Wildman–Crippen MR) is 81.1 cm³/mol. The monoisotopic (exact) mass is 312 g/mol. The Morgan fingerprint density at radius 3 is 2.68 bits per heavy atom. The summed E-state index contributed by atoms with van der Waals surface area (Å²) < 4.78 is 0. The third kappa shape index (κ3) is 3.12. The molecule has 0 aliphatic rings. The molecular weight excluding hydrogens is 300 g/mol. The van der Waals surface area contributed by atoms with E-state index in [9.17, 15) is 4.79 Å². The number of carbonyl (C=O) groups excluding carboxylic acids is 1. The Labute approximate surface area is 130 Å². The molecule has 0 radical (unpaired) electrons. The molecule has 0 atom stereocenters. The van der Waals surface area contributed by atoms with Gasteiger partial charge in [0.25, 0.3) is 5.91 Å². The molecule has 0 aliphatic heterocycles. The lowest BCUT2D eigenvalue weighted by molar-refractivity contribution is 0.0953. The van der Waals surface area contributed by atoms with E-state index in [0.717, 1.165) is 10.6 Å². The van der Waals surface area contributed by atoms with E-state index in [1.54, 1.807) is 37.8 Å². The highest BCUT2D eigenvalue weighted by atomic mass is 32.1. The van der Waals surface area contributed by atoms with Crippen LogP contribution in [0.5, 0.6) is 0 Å². The second kappa shape index (κ2) is 6.35. The quantitative estimate of drug-likeness (QED) is 0.787. The number of amides is 1. The van der Waals surface area contributed by atoms with Crippen molar-refractivity contribution in [3.63, 3.8) is 0 Å². The molecule has 3 aromatic rings. The molecule has 0 fully saturated rings. The van der Waals surface area contributed by atoms with Gasteiger partial charge in [0.2, 0.25) is 0 Å². The van der Waals surface area contributed by atoms with Crippen molar-refractivity contribution in [3.8, 4) is 10.6 Å². The van der Waals surface area contributed by atoms with Crippen LogP contribution < -0.4 is 5.32 Å². The van der Waals surface area contributed by atoms with Crippen LogP contribution in [-0.2, 0) is 6.54 Å². The molecule has 0 spiro atoms. The van der Waals surface area contributed by atoms with Crippen molar-refractivity contribution in [1.29, 1.82) is 0 Å². The highest BCUT2D eigenvalue weighted by molar-refractivity contribution is 7.17. The van der Waals surface area contributed by atoms with Crippen LogP contribution in [0.15, 0.2) is 37.2 Å². The largest absolute Gasteiger partial charge is 0.344 e. The van der Waals surface area contributed by atoms with E-state index in [-0.39, 0.29) is 12.5 Å². The number of aromatic nitrogens is 5. The number of hydrogen-bond acceptors (Lipinski definition) is 7. The van der Waals surface area contributed by atoms with Gasteiger partial charge in [-0.25, -0.2) is 24.9 Å². The Morgan fingerprint density at radius 2 is 1.95 bits per heavy atom. The maximum Gasteiger partial charge on any atom is 0.263 e. The lowest BCUT2D eigenvalue weighted by atomic mass is 10.3. The average Bonchev–Trinajstić information content (AvgIpc) is 2.96. The Balaban J connectivity index is 1.74. The van der Waals surface area contributed by atoms with Crippen LogP contribution in [0.2, 0.25) is 0 Å². The van der Waals surface area contributed by atoms with Gasteiger partial charge >= 0.3 is 0 Å². The molecule has 0 aromatic carbocycles. The number of rotatable bonds is 4. The molecule has 1 amide bonds. The fourth-order valence-corrected chi connectivity index (χ4v) is 2.76. The van der Waals surface area contributed by atoms with Crippen molar-refractivity contribution < 1.29 is 4.79 Å². The first kappa shape index (κ1) is 14.2. The zero-order chi connectivity index (χ0) is 15.4. The Kier molecular flexibility index (Phi) is 4.10. The molecule has 22 heavy (non-hydrogen) atoms. The van der Waals surface area contributed by atoms with Gasteiger partial charge in [0.05, 0.1) is 12.2 Å². The van der Waals surface area contributed by atoms with Crippen molar-refractivity contribution in [1.82, 2.24) is 30.2 Å². The highest BCUT2D eigenvalue weighted by Crippen LogP contribution is 2.26. The second-order valence-electron chi connectivity index (χ2n) is 4.41. The first-order chi connectivity index (χ1) is 10.7. The number of nitrogens with one attached hydrogen (secondary N) is 1. The van der Waals surface area contributed by atoms with Gasteiger partial charge in [0.1, 0.15) is 22.0 Å². The van der Waals surface area contributed by atoms with Crippen LogP contribution in [0, 0.1) is 6.92 Å². The zero-order valence-corrected chi connectivity index (χ0v) is 12.5. The number of hydrogen-bond donors (Lipinski definition) is 1. The number of aryl methyl sites for hydroxylation is 1. The van der Waals surface area contributed by atoms with Gasteiger partial charge in [-0.2, -0.15) is 0 Å². The third-order valence-corrected chi connectivity index (χ3v) is 4.04. The van der Waals surface area contributed by atoms with Crippen LogP contribution in [-0.4, -0.2) is 30.8 Å². The van der Waals surface area contributed by atoms with Gasteiger partial charge in [-0.05, 0) is 13.0 Å². The fourth-order valence-electron chi connectivity index (χ4n) is 1.80. The molecule has 3 aromatic heterocycles. The molecule has 0 saturated carbocycles. The first-order valence-corrected chi connectivity index (χ1v) is 7.32. The summed E-state index contributed by atoms with van der Waals surface area (Å²) in [4.78, 5) is 33.3. The van der Waals surface area contributed by atoms with Crippen molar-refractivity contribution in [2.45, 2.75) is 13.5 Å². The molecule has 7 nitrogen and oxygen atoms in total. The number of thiazole rings is 1. The summed E-state index contributed by atoms with van der Waals surface area (Å²) in [6.45, 7) is 2.08. The Hall–Kier alpha value is -2.74. The van der Waals surface area contributed by atoms with Crippen LogP contribution in [0.4, 0.5) is 0 Å². The summed E-state index contributed by atoms with van der Waals surface area (Å²) in [5.41, 5.74) is 1.47. The maximum atomic E-state index is 12.3.